The molecule has 1 atom stereocenters. The summed E-state index contributed by atoms with van der Waals surface area (Å²) in [5.41, 5.74) is -0.757. The molecule has 0 spiro atoms. The van der Waals surface area contributed by atoms with Gasteiger partial charge >= 0.3 is 6.09 Å². The first kappa shape index (κ1) is 22.2. The fourth-order valence-electron chi connectivity index (χ4n) is 3.75. The van der Waals surface area contributed by atoms with Gasteiger partial charge < -0.3 is 10.1 Å². The van der Waals surface area contributed by atoms with Gasteiger partial charge in [0.05, 0.1) is 5.60 Å². The first-order valence-electron chi connectivity index (χ1n) is 9.62. The molecule has 1 unspecified atom stereocenters. The van der Waals surface area contributed by atoms with Crippen molar-refractivity contribution in [2.75, 3.05) is 0 Å². The predicted octanol–water partition coefficient (Wildman–Crippen LogP) is 5.38. The molecule has 5 nitrogen and oxygen atoms in total. The van der Waals surface area contributed by atoms with E-state index >= 15 is 0 Å². The molecule has 1 amide bonds. The van der Waals surface area contributed by atoms with Crippen LogP contribution >= 0.6 is 0 Å². The van der Waals surface area contributed by atoms with Crippen molar-refractivity contribution in [2.24, 2.45) is 5.41 Å². The fourth-order valence-corrected chi connectivity index (χ4v) is 3.75. The molecule has 5 heteroatoms. The normalized spacial score (nSPS) is 18.2. The number of amides is 1. The fraction of sp³-hybridized carbons (Fsp3) is 0.950. The van der Waals surface area contributed by atoms with Gasteiger partial charge in [0.25, 0.3) is 0 Å². The number of hydrogen-bond donors (Lipinski definition) is 1. The van der Waals surface area contributed by atoms with Crippen LogP contribution in [0.5, 0.6) is 0 Å². The molecule has 0 aromatic carbocycles. The maximum Gasteiger partial charge on any atom is 0.407 e. The van der Waals surface area contributed by atoms with E-state index in [9.17, 15) is 4.79 Å². The standard InChI is InChI=1S/C20H39NO4/c1-15(23-17(22)21-16-11-9-10-12-16)13-19(5,6)24-25-20(7,8)14-18(2,3)4/h15-16H,9-14H2,1-8H3,(H,21,22). The quantitative estimate of drug-likeness (QED) is 0.468. The van der Waals surface area contributed by atoms with Crippen molar-refractivity contribution in [3.8, 4) is 0 Å². The van der Waals surface area contributed by atoms with Crippen molar-refractivity contribution < 1.29 is 19.3 Å². The number of hydrogen-bond acceptors (Lipinski definition) is 4. The molecule has 0 aromatic heterocycles. The summed E-state index contributed by atoms with van der Waals surface area (Å²) in [5, 5.41) is 2.94. The molecule has 0 heterocycles. The largest absolute Gasteiger partial charge is 0.446 e. The molecule has 25 heavy (non-hydrogen) atoms. The van der Waals surface area contributed by atoms with Gasteiger partial charge in [-0.15, -0.1) is 0 Å². The minimum atomic E-state index is -0.539. The van der Waals surface area contributed by atoms with E-state index in [0.717, 1.165) is 19.3 Å². The van der Waals surface area contributed by atoms with Gasteiger partial charge in [-0.25, -0.2) is 14.6 Å². The molecular formula is C20H39NO4. The second-order valence-corrected chi connectivity index (χ2v) is 9.97. The van der Waals surface area contributed by atoms with Crippen LogP contribution in [-0.4, -0.2) is 29.4 Å². The molecule has 1 aliphatic carbocycles. The van der Waals surface area contributed by atoms with E-state index in [1.807, 2.05) is 34.6 Å². The van der Waals surface area contributed by atoms with Crippen LogP contribution in [0.25, 0.3) is 0 Å². The summed E-state index contributed by atoms with van der Waals surface area (Å²) >= 11 is 0. The Balaban J connectivity index is 2.38. The summed E-state index contributed by atoms with van der Waals surface area (Å²) in [4.78, 5) is 23.4. The number of carbonyl (C=O) groups excluding carboxylic acids is 1. The van der Waals surface area contributed by atoms with Crippen molar-refractivity contribution in [1.29, 1.82) is 0 Å². The maximum atomic E-state index is 12.0. The minimum absolute atomic E-state index is 0.158. The summed E-state index contributed by atoms with van der Waals surface area (Å²) < 4.78 is 5.48. The minimum Gasteiger partial charge on any atom is -0.446 e. The average molecular weight is 358 g/mol. The molecule has 1 rings (SSSR count). The Labute approximate surface area is 154 Å². The van der Waals surface area contributed by atoms with Crippen molar-refractivity contribution >= 4 is 6.09 Å². The third kappa shape index (κ3) is 10.0. The third-order valence-corrected chi connectivity index (χ3v) is 4.21. The van der Waals surface area contributed by atoms with Crippen LogP contribution in [0.1, 0.15) is 93.9 Å². The zero-order valence-corrected chi connectivity index (χ0v) is 17.5. The van der Waals surface area contributed by atoms with Crippen LogP contribution in [0.3, 0.4) is 0 Å². The van der Waals surface area contributed by atoms with E-state index in [1.165, 1.54) is 12.8 Å². The predicted molar refractivity (Wildman–Crippen MR) is 100 cm³/mol. The molecule has 1 aliphatic rings. The molecule has 0 aromatic rings. The van der Waals surface area contributed by atoms with Gasteiger partial charge in [-0.05, 0) is 59.3 Å². The number of alkyl carbamates (subject to hydrolysis) is 1. The lowest BCUT2D eigenvalue weighted by atomic mass is 9.84. The highest BCUT2D eigenvalue weighted by molar-refractivity contribution is 5.67. The van der Waals surface area contributed by atoms with E-state index in [-0.39, 0.29) is 29.3 Å². The molecule has 148 valence electrons. The Hall–Kier alpha value is -0.810. The Morgan fingerprint density at radius 3 is 2.04 bits per heavy atom. The summed E-state index contributed by atoms with van der Waals surface area (Å²) in [6.07, 6.45) is 5.34. The first-order valence-corrected chi connectivity index (χ1v) is 9.62. The lowest BCUT2D eigenvalue weighted by Crippen LogP contribution is -2.39. The smallest absolute Gasteiger partial charge is 0.407 e. The highest BCUT2D eigenvalue weighted by atomic mass is 17.2. The molecule has 0 bridgehead atoms. The van der Waals surface area contributed by atoms with Gasteiger partial charge in [-0.2, -0.15) is 0 Å². The Morgan fingerprint density at radius 2 is 1.52 bits per heavy atom. The van der Waals surface area contributed by atoms with Gasteiger partial charge in [-0.3, -0.25) is 0 Å². The monoisotopic (exact) mass is 357 g/mol. The van der Waals surface area contributed by atoms with Crippen LogP contribution in [-0.2, 0) is 14.5 Å². The van der Waals surface area contributed by atoms with Crippen LogP contribution in [0.15, 0.2) is 0 Å². The van der Waals surface area contributed by atoms with Crippen molar-refractivity contribution in [1.82, 2.24) is 5.32 Å². The van der Waals surface area contributed by atoms with E-state index in [0.29, 0.717) is 6.42 Å². The van der Waals surface area contributed by atoms with Crippen LogP contribution in [0.2, 0.25) is 0 Å². The highest BCUT2D eigenvalue weighted by Crippen LogP contribution is 2.31. The van der Waals surface area contributed by atoms with Crippen LogP contribution in [0, 0.1) is 5.41 Å². The second-order valence-electron chi connectivity index (χ2n) is 9.97. The van der Waals surface area contributed by atoms with Gasteiger partial charge in [0.2, 0.25) is 0 Å². The molecule has 0 saturated heterocycles. The topological polar surface area (TPSA) is 56.8 Å². The van der Waals surface area contributed by atoms with Gasteiger partial charge in [0.15, 0.2) is 0 Å². The molecule has 1 N–H and O–H groups in total. The zero-order chi connectivity index (χ0) is 19.3. The number of carbonyl (C=O) groups is 1. The van der Waals surface area contributed by atoms with Gasteiger partial charge in [0.1, 0.15) is 11.7 Å². The van der Waals surface area contributed by atoms with E-state index in [2.05, 4.69) is 26.1 Å². The average Bonchev–Trinajstić information content (AvgIpc) is 2.85. The van der Waals surface area contributed by atoms with Crippen LogP contribution in [0.4, 0.5) is 4.79 Å². The van der Waals surface area contributed by atoms with Crippen molar-refractivity contribution in [3.05, 3.63) is 0 Å². The Bertz CT molecular complexity index is 420. The molecule has 0 radical (unpaired) electrons. The Kier molecular flexibility index (Phi) is 7.75. The molecule has 0 aliphatic heterocycles. The van der Waals surface area contributed by atoms with Crippen molar-refractivity contribution in [2.45, 2.75) is 117 Å². The number of rotatable bonds is 8. The van der Waals surface area contributed by atoms with Crippen LogP contribution < -0.4 is 5.32 Å². The van der Waals surface area contributed by atoms with E-state index in [1.54, 1.807) is 0 Å². The summed E-state index contributed by atoms with van der Waals surface area (Å²) in [6, 6.07) is 0.269. The summed E-state index contributed by atoms with van der Waals surface area (Å²) in [6.45, 7) is 16.4. The van der Waals surface area contributed by atoms with Gasteiger partial charge in [-0.1, -0.05) is 33.6 Å². The molecule has 1 saturated carbocycles. The van der Waals surface area contributed by atoms with Gasteiger partial charge in [0, 0.05) is 12.5 Å². The first-order chi connectivity index (χ1) is 11.3. The number of ether oxygens (including phenoxy) is 1. The SMILES string of the molecule is CC(CC(C)(C)OOC(C)(C)CC(C)(C)C)OC(=O)NC1CCCC1. The zero-order valence-electron chi connectivity index (χ0n) is 17.5. The maximum absolute atomic E-state index is 12.0. The van der Waals surface area contributed by atoms with Crippen molar-refractivity contribution in [3.63, 3.8) is 0 Å². The second kappa shape index (κ2) is 8.72. The molecule has 1 fully saturated rings. The summed E-state index contributed by atoms with van der Waals surface area (Å²) in [7, 11) is 0. The number of nitrogens with one attached hydrogen (secondary N) is 1. The van der Waals surface area contributed by atoms with E-state index in [4.69, 9.17) is 14.5 Å². The lowest BCUT2D eigenvalue weighted by molar-refractivity contribution is -0.406. The van der Waals surface area contributed by atoms with E-state index < -0.39 is 5.60 Å². The molecular weight excluding hydrogens is 318 g/mol. The third-order valence-electron chi connectivity index (χ3n) is 4.21. The Morgan fingerprint density at radius 1 is 1.00 bits per heavy atom. The summed E-state index contributed by atoms with van der Waals surface area (Å²) in [5.74, 6) is 0. The highest BCUT2D eigenvalue weighted by Gasteiger charge is 2.32. The lowest BCUT2D eigenvalue weighted by Gasteiger charge is -2.35.